The molecule has 4 heteroatoms. The smallest absolute Gasteiger partial charge is 0.302 e. The number of ether oxygens (including phenoxy) is 1. The molecule has 0 aromatic heterocycles. The first-order chi connectivity index (χ1) is 9.26. The van der Waals surface area contributed by atoms with E-state index in [0.717, 1.165) is 6.42 Å². The normalized spacial score (nSPS) is 13.1. The van der Waals surface area contributed by atoms with Crippen molar-refractivity contribution in [3.05, 3.63) is 0 Å². The molecule has 2 nitrogen and oxygen atoms in total. The first-order valence-corrected chi connectivity index (χ1v) is 7.78. The van der Waals surface area contributed by atoms with Crippen molar-refractivity contribution in [3.63, 3.8) is 0 Å². The van der Waals surface area contributed by atoms with Gasteiger partial charge in [0.1, 0.15) is 0 Å². The summed E-state index contributed by atoms with van der Waals surface area (Å²) < 4.78 is 31.7. The monoisotopic (exact) mass is 296 g/mol. The second kappa shape index (κ2) is 14.7. The molecule has 0 aliphatic carbocycles. The van der Waals surface area contributed by atoms with E-state index in [9.17, 15) is 13.6 Å². The van der Waals surface area contributed by atoms with Gasteiger partial charge in [0.25, 0.3) is 0 Å². The van der Waals surface area contributed by atoms with Crippen molar-refractivity contribution < 1.29 is 18.3 Å². The van der Waals surface area contributed by atoms with E-state index in [-0.39, 0.29) is 31.3 Å². The van der Waals surface area contributed by atoms with Gasteiger partial charge in [-0.2, -0.15) is 0 Å². The summed E-state index contributed by atoms with van der Waals surface area (Å²) in [5.74, 6) is -3.36. The first kappa shape index (κ1) is 24.4. The largest absolute Gasteiger partial charge is 0.466 e. The molecule has 0 fully saturated rings. The summed E-state index contributed by atoms with van der Waals surface area (Å²) in [6.07, 6.45) is 0.451. The van der Waals surface area contributed by atoms with E-state index < -0.39 is 11.9 Å². The number of hydrogen-bond acceptors (Lipinski definition) is 2. The van der Waals surface area contributed by atoms with Crippen molar-refractivity contribution in [2.75, 3.05) is 6.61 Å². The minimum absolute atomic E-state index is 0.0240. The molecule has 0 saturated carbocycles. The van der Waals surface area contributed by atoms with Gasteiger partial charge in [0.15, 0.2) is 0 Å². The van der Waals surface area contributed by atoms with E-state index >= 15 is 0 Å². The van der Waals surface area contributed by atoms with E-state index in [1.165, 1.54) is 6.92 Å². The lowest BCUT2D eigenvalue weighted by Crippen LogP contribution is -2.25. The first-order valence-electron chi connectivity index (χ1n) is 7.78. The maximum absolute atomic E-state index is 13.5. The lowest BCUT2D eigenvalue weighted by molar-refractivity contribution is -0.143. The summed E-state index contributed by atoms with van der Waals surface area (Å²) in [6, 6.07) is 0. The van der Waals surface area contributed by atoms with Crippen LogP contribution in [0.15, 0.2) is 0 Å². The summed E-state index contributed by atoms with van der Waals surface area (Å²) in [6.45, 7) is 14.8. The van der Waals surface area contributed by atoms with Crippen LogP contribution in [0.25, 0.3) is 0 Å². The van der Waals surface area contributed by atoms with E-state index in [1.807, 2.05) is 41.5 Å². The van der Waals surface area contributed by atoms with Crippen LogP contribution in [0.2, 0.25) is 0 Å². The van der Waals surface area contributed by atoms with Crippen molar-refractivity contribution >= 4 is 5.97 Å². The zero-order valence-electron chi connectivity index (χ0n) is 14.6. The van der Waals surface area contributed by atoms with E-state index in [0.29, 0.717) is 0 Å². The van der Waals surface area contributed by atoms with Gasteiger partial charge in [-0.25, -0.2) is 8.78 Å². The van der Waals surface area contributed by atoms with Gasteiger partial charge in [0, 0.05) is 19.8 Å². The van der Waals surface area contributed by atoms with Crippen LogP contribution in [0.1, 0.15) is 74.7 Å². The number of halogens is 2. The average molecular weight is 296 g/mol. The fourth-order valence-corrected chi connectivity index (χ4v) is 1.57. The standard InChI is InChI=1S/C12H22F2O2.2C2H6/c1-5-9(2)6-12(13,14)7-10(3)8-16-11(4)15;2*1-2/h9-10H,5-8H2,1-4H3;2*1-2H3. The lowest BCUT2D eigenvalue weighted by Gasteiger charge is -2.23. The molecule has 20 heavy (non-hydrogen) atoms. The Morgan fingerprint density at radius 3 is 1.80 bits per heavy atom. The molecule has 0 radical (unpaired) electrons. The SMILES string of the molecule is CC.CC.CCC(C)CC(F)(F)CC(C)COC(C)=O. The van der Waals surface area contributed by atoms with Crippen LogP contribution in [0.5, 0.6) is 0 Å². The van der Waals surface area contributed by atoms with Gasteiger partial charge in [0.05, 0.1) is 6.61 Å². The Kier molecular flexibility index (Phi) is 17.9. The van der Waals surface area contributed by atoms with Crippen molar-refractivity contribution in [1.29, 1.82) is 0 Å². The zero-order chi connectivity index (χ0) is 16.8. The van der Waals surface area contributed by atoms with Crippen LogP contribution in [0, 0.1) is 11.8 Å². The maximum atomic E-state index is 13.5. The fraction of sp³-hybridized carbons (Fsp3) is 0.938. The molecule has 0 aromatic carbocycles. The molecular formula is C16H34F2O2. The predicted octanol–water partition coefficient (Wildman–Crippen LogP) is 5.70. The molecule has 0 saturated heterocycles. The van der Waals surface area contributed by atoms with Crippen LogP contribution in [0.3, 0.4) is 0 Å². The molecule has 0 N–H and O–H groups in total. The second-order valence-electron chi connectivity index (χ2n) is 4.69. The molecular weight excluding hydrogens is 262 g/mol. The lowest BCUT2D eigenvalue weighted by atomic mass is 9.94. The van der Waals surface area contributed by atoms with Crippen molar-refractivity contribution in [1.82, 2.24) is 0 Å². The number of esters is 1. The van der Waals surface area contributed by atoms with Crippen molar-refractivity contribution in [2.24, 2.45) is 11.8 Å². The summed E-state index contributed by atoms with van der Waals surface area (Å²) in [7, 11) is 0. The molecule has 0 aromatic rings. The topological polar surface area (TPSA) is 26.3 Å². The molecule has 0 rings (SSSR count). The summed E-state index contributed by atoms with van der Waals surface area (Å²) >= 11 is 0. The van der Waals surface area contributed by atoms with Gasteiger partial charge in [0.2, 0.25) is 5.92 Å². The minimum atomic E-state index is -2.66. The number of alkyl halides is 2. The summed E-state index contributed by atoms with van der Waals surface area (Å²) in [4.78, 5) is 10.5. The number of hydrogen-bond donors (Lipinski definition) is 0. The third kappa shape index (κ3) is 17.3. The van der Waals surface area contributed by atoms with Crippen LogP contribution in [-0.2, 0) is 9.53 Å². The minimum Gasteiger partial charge on any atom is -0.466 e. The van der Waals surface area contributed by atoms with Gasteiger partial charge < -0.3 is 4.74 Å². The Bertz CT molecular complexity index is 219. The van der Waals surface area contributed by atoms with Crippen LogP contribution in [-0.4, -0.2) is 18.5 Å². The molecule has 0 spiro atoms. The molecule has 124 valence electrons. The maximum Gasteiger partial charge on any atom is 0.302 e. The van der Waals surface area contributed by atoms with Crippen LogP contribution >= 0.6 is 0 Å². The Morgan fingerprint density at radius 1 is 1.05 bits per heavy atom. The van der Waals surface area contributed by atoms with Gasteiger partial charge in [-0.1, -0.05) is 54.9 Å². The fourth-order valence-electron chi connectivity index (χ4n) is 1.57. The molecule has 2 atom stereocenters. The van der Waals surface area contributed by atoms with Gasteiger partial charge >= 0.3 is 5.97 Å². The molecule has 0 amide bonds. The van der Waals surface area contributed by atoms with Gasteiger partial charge in [-0.05, 0) is 11.8 Å². The summed E-state index contributed by atoms with van der Waals surface area (Å²) in [5, 5.41) is 0. The molecule has 0 bridgehead atoms. The Morgan fingerprint density at radius 2 is 1.45 bits per heavy atom. The van der Waals surface area contributed by atoms with Crippen molar-refractivity contribution in [2.45, 2.75) is 80.6 Å². The van der Waals surface area contributed by atoms with Crippen LogP contribution in [0.4, 0.5) is 8.78 Å². The Balaban J connectivity index is -0.000000656. The average Bonchev–Trinajstić information content (AvgIpc) is 2.39. The highest BCUT2D eigenvalue weighted by atomic mass is 19.3. The third-order valence-corrected chi connectivity index (χ3v) is 2.56. The highest BCUT2D eigenvalue weighted by Gasteiger charge is 2.32. The van der Waals surface area contributed by atoms with Gasteiger partial charge in [-0.3, -0.25) is 4.79 Å². The summed E-state index contributed by atoms with van der Waals surface area (Å²) in [5.41, 5.74) is 0. The predicted molar refractivity (Wildman–Crippen MR) is 82.1 cm³/mol. The number of carbonyl (C=O) groups is 1. The Labute approximate surface area is 124 Å². The highest BCUT2D eigenvalue weighted by Crippen LogP contribution is 2.31. The molecule has 0 aliphatic rings. The van der Waals surface area contributed by atoms with E-state index in [4.69, 9.17) is 4.74 Å². The van der Waals surface area contributed by atoms with Gasteiger partial charge in [-0.15, -0.1) is 0 Å². The van der Waals surface area contributed by atoms with E-state index in [1.54, 1.807) is 6.92 Å². The highest BCUT2D eigenvalue weighted by molar-refractivity contribution is 5.65. The number of rotatable bonds is 7. The molecule has 0 heterocycles. The quantitative estimate of drug-likeness (QED) is 0.563. The zero-order valence-corrected chi connectivity index (χ0v) is 14.6. The molecule has 0 aliphatic heterocycles. The number of carbonyl (C=O) groups excluding carboxylic acids is 1. The third-order valence-electron chi connectivity index (χ3n) is 2.56. The van der Waals surface area contributed by atoms with Crippen LogP contribution < -0.4 is 0 Å². The second-order valence-corrected chi connectivity index (χ2v) is 4.69. The Hall–Kier alpha value is -0.670. The van der Waals surface area contributed by atoms with Crippen molar-refractivity contribution in [3.8, 4) is 0 Å². The van der Waals surface area contributed by atoms with E-state index in [2.05, 4.69) is 0 Å². The molecule has 2 unspecified atom stereocenters.